The number of anilines is 2. The number of hydrogen-bond donors (Lipinski definition) is 0. The quantitative estimate of drug-likeness (QED) is 0.156. The van der Waals surface area contributed by atoms with Crippen LogP contribution in [0.15, 0.2) is 133 Å². The van der Waals surface area contributed by atoms with Crippen molar-refractivity contribution in [2.75, 3.05) is 9.80 Å². The van der Waals surface area contributed by atoms with E-state index in [-0.39, 0.29) is 37.3 Å². The number of ether oxygens (including phenoxy) is 1. The molecule has 5 aromatic carbocycles. The molecule has 1 aliphatic rings. The Morgan fingerprint density at radius 2 is 1.32 bits per heavy atom. The Balaban J connectivity index is 0.00000480. The summed E-state index contributed by atoms with van der Waals surface area (Å²) in [5.41, 5.74) is 9.67. The number of hydrogen-bond acceptors (Lipinski definition) is 4. The van der Waals surface area contributed by atoms with Gasteiger partial charge in [0.15, 0.2) is 0 Å². The first-order chi connectivity index (χ1) is 26.1. The fraction of sp³-hybridized carbons (Fsp3) is 0.240. The van der Waals surface area contributed by atoms with Crippen LogP contribution in [0, 0.1) is 24.2 Å². The van der Waals surface area contributed by atoms with Gasteiger partial charge < -0.3 is 19.1 Å². The smallest absolute Gasteiger partial charge is 0.135 e. The van der Waals surface area contributed by atoms with E-state index < -0.39 is 0 Å². The fourth-order valence-corrected chi connectivity index (χ4v) is 7.24. The zero-order chi connectivity index (χ0) is 38.7. The van der Waals surface area contributed by atoms with Gasteiger partial charge in [-0.15, -0.1) is 53.6 Å². The van der Waals surface area contributed by atoms with Crippen molar-refractivity contribution in [2.45, 2.75) is 73.1 Å². The maximum Gasteiger partial charge on any atom is 0.135 e. The molecule has 7 aromatic rings. The molecule has 3 heterocycles. The second-order valence-electron chi connectivity index (χ2n) is 17.6. The zero-order valence-electron chi connectivity index (χ0n) is 33.7. The molecule has 0 N–H and O–H groups in total. The van der Waals surface area contributed by atoms with Crippen molar-refractivity contribution in [1.29, 1.82) is 0 Å². The maximum absolute atomic E-state index is 6.78. The molecular formula is C50H49N4OPt-3. The first kappa shape index (κ1) is 39.1. The van der Waals surface area contributed by atoms with Crippen molar-refractivity contribution in [3.05, 3.63) is 163 Å². The Hall–Kier alpha value is -5.12. The van der Waals surface area contributed by atoms with Gasteiger partial charge in [-0.05, 0) is 69.4 Å². The van der Waals surface area contributed by atoms with Crippen molar-refractivity contribution in [2.24, 2.45) is 5.41 Å². The van der Waals surface area contributed by atoms with E-state index in [9.17, 15) is 0 Å². The molecule has 56 heavy (non-hydrogen) atoms. The maximum atomic E-state index is 6.78. The van der Waals surface area contributed by atoms with Gasteiger partial charge in [0, 0.05) is 61.1 Å². The SMILES string of the molecule is CC(C)(C)C1=CN(c2cccc(C(C)(C)C)c2)[CH-]N1c1[c-]c(Oc2[c-]c3c(cc2)c2ccccc2n3-c2cc(C(C)(C)C)ccn2)cc(-c2ccccc2)c1.[Pt]. The van der Waals surface area contributed by atoms with E-state index in [1.165, 1.54) is 11.1 Å². The minimum Gasteiger partial charge on any atom is -0.509 e. The van der Waals surface area contributed by atoms with Crippen molar-refractivity contribution in [1.82, 2.24) is 9.55 Å². The minimum absolute atomic E-state index is 0. The molecule has 0 bridgehead atoms. The molecule has 0 fully saturated rings. The van der Waals surface area contributed by atoms with Gasteiger partial charge in [-0.25, -0.2) is 4.98 Å². The van der Waals surface area contributed by atoms with Crippen LogP contribution >= 0.6 is 0 Å². The van der Waals surface area contributed by atoms with Gasteiger partial charge in [0.25, 0.3) is 0 Å². The van der Waals surface area contributed by atoms with Crippen LogP contribution in [0.5, 0.6) is 11.5 Å². The van der Waals surface area contributed by atoms with Crippen molar-refractivity contribution in [3.63, 3.8) is 0 Å². The summed E-state index contributed by atoms with van der Waals surface area (Å²) in [5, 5.41) is 2.24. The molecule has 8 rings (SSSR count). The molecule has 0 atom stereocenters. The van der Waals surface area contributed by atoms with E-state index in [1.54, 1.807) is 0 Å². The summed E-state index contributed by atoms with van der Waals surface area (Å²) < 4.78 is 8.98. The summed E-state index contributed by atoms with van der Waals surface area (Å²) >= 11 is 0. The van der Waals surface area contributed by atoms with Crippen LogP contribution in [-0.4, -0.2) is 9.55 Å². The summed E-state index contributed by atoms with van der Waals surface area (Å²) in [4.78, 5) is 9.34. The number of rotatable bonds is 6. The summed E-state index contributed by atoms with van der Waals surface area (Å²) in [5.74, 6) is 2.07. The van der Waals surface area contributed by atoms with Gasteiger partial charge in [0.2, 0.25) is 0 Å². The number of para-hydroxylation sites is 1. The molecule has 0 unspecified atom stereocenters. The molecule has 0 spiro atoms. The molecule has 2 aromatic heterocycles. The van der Waals surface area contributed by atoms with Crippen LogP contribution < -0.4 is 14.5 Å². The zero-order valence-corrected chi connectivity index (χ0v) is 36.0. The largest absolute Gasteiger partial charge is 0.509 e. The topological polar surface area (TPSA) is 33.5 Å². The number of nitrogens with zero attached hydrogens (tertiary/aromatic N) is 4. The Morgan fingerprint density at radius 3 is 2.05 bits per heavy atom. The molecular weight excluding hydrogens is 868 g/mol. The number of allylic oxidation sites excluding steroid dienone is 1. The molecule has 0 aliphatic carbocycles. The second-order valence-corrected chi connectivity index (χ2v) is 17.6. The fourth-order valence-electron chi connectivity index (χ4n) is 7.24. The van der Waals surface area contributed by atoms with Crippen LogP contribution in [0.2, 0.25) is 0 Å². The molecule has 0 radical (unpaired) electrons. The third-order valence-corrected chi connectivity index (χ3v) is 10.4. The molecule has 0 amide bonds. The van der Waals surface area contributed by atoms with E-state index in [1.807, 2.05) is 18.3 Å². The summed E-state index contributed by atoms with van der Waals surface area (Å²) in [6.45, 7) is 22.4. The van der Waals surface area contributed by atoms with Gasteiger partial charge in [0.05, 0.1) is 0 Å². The monoisotopic (exact) mass is 916 g/mol. The van der Waals surface area contributed by atoms with Crippen molar-refractivity contribution >= 4 is 33.2 Å². The molecule has 0 saturated heterocycles. The Morgan fingerprint density at radius 1 is 0.607 bits per heavy atom. The van der Waals surface area contributed by atoms with Crippen molar-refractivity contribution in [3.8, 4) is 28.4 Å². The number of benzene rings is 5. The van der Waals surface area contributed by atoms with Crippen LogP contribution in [0.1, 0.15) is 73.4 Å². The van der Waals surface area contributed by atoms with E-state index in [0.29, 0.717) is 11.5 Å². The average molecular weight is 917 g/mol. The average Bonchev–Trinajstić information content (AvgIpc) is 3.75. The van der Waals surface area contributed by atoms with Crippen LogP contribution in [0.25, 0.3) is 38.8 Å². The van der Waals surface area contributed by atoms with E-state index in [4.69, 9.17) is 9.72 Å². The van der Waals surface area contributed by atoms with Gasteiger partial charge in [-0.1, -0.05) is 128 Å². The first-order valence-electron chi connectivity index (χ1n) is 19.1. The van der Waals surface area contributed by atoms with Gasteiger partial charge >= 0.3 is 0 Å². The van der Waals surface area contributed by atoms with E-state index >= 15 is 0 Å². The Labute approximate surface area is 346 Å². The predicted octanol–water partition coefficient (Wildman–Crippen LogP) is 13.2. The summed E-state index contributed by atoms with van der Waals surface area (Å²) in [7, 11) is 0. The Kier molecular flexibility index (Phi) is 10.3. The van der Waals surface area contributed by atoms with Gasteiger partial charge in [0.1, 0.15) is 5.82 Å². The predicted molar refractivity (Wildman–Crippen MR) is 229 cm³/mol. The number of fused-ring (bicyclic) bond motifs is 3. The van der Waals surface area contributed by atoms with Gasteiger partial charge in [-0.3, -0.25) is 0 Å². The normalized spacial score (nSPS) is 13.6. The van der Waals surface area contributed by atoms with Crippen molar-refractivity contribution < 1.29 is 25.8 Å². The standard InChI is InChI=1S/C50H49N4O.Pt/c1-48(2,3)36-18-15-19-38(28-36)52-32-46(50(7,8)9)53(33-52)39-26-35(34-16-11-10-12-17-34)27-41(30-39)55-40-22-23-43-42-20-13-14-21-44(42)54(45(43)31-40)47-29-37(24-25-51-47)49(4,5)6;/h10-29,32-33H,1-9H3;/q-3;. The third-order valence-electron chi connectivity index (χ3n) is 10.4. The molecule has 1 aliphatic heterocycles. The van der Waals surface area contributed by atoms with Crippen LogP contribution in [0.4, 0.5) is 11.4 Å². The molecule has 5 nitrogen and oxygen atoms in total. The minimum atomic E-state index is -0.158. The third kappa shape index (κ3) is 7.67. The molecule has 6 heteroatoms. The Bertz CT molecular complexity index is 2570. The summed E-state index contributed by atoms with van der Waals surface area (Å²) in [6.07, 6.45) is 4.15. The van der Waals surface area contributed by atoms with Gasteiger partial charge in [-0.2, -0.15) is 6.07 Å². The van der Waals surface area contributed by atoms with E-state index in [0.717, 1.165) is 55.8 Å². The number of aromatic nitrogens is 2. The first-order valence-corrected chi connectivity index (χ1v) is 19.1. The van der Waals surface area contributed by atoms with E-state index in [2.05, 4.69) is 205 Å². The van der Waals surface area contributed by atoms with Crippen LogP contribution in [0.3, 0.4) is 0 Å². The number of pyridine rings is 1. The van der Waals surface area contributed by atoms with Crippen LogP contribution in [-0.2, 0) is 31.9 Å². The molecule has 0 saturated carbocycles. The molecule has 288 valence electrons. The summed E-state index contributed by atoms with van der Waals surface area (Å²) in [6, 6.07) is 47.8. The second kappa shape index (κ2) is 14.8.